The van der Waals surface area contributed by atoms with Crippen molar-refractivity contribution < 1.29 is 4.42 Å². The molecule has 0 atom stereocenters. The predicted molar refractivity (Wildman–Crippen MR) is 66.2 cm³/mol. The zero-order chi connectivity index (χ0) is 11.6. The molecule has 1 aromatic heterocycles. The highest BCUT2D eigenvalue weighted by atomic mass is 16.3. The van der Waals surface area contributed by atoms with E-state index in [4.69, 9.17) is 4.42 Å². The molecule has 0 spiro atoms. The molecule has 1 aromatic rings. The van der Waals surface area contributed by atoms with Crippen LogP contribution in [-0.2, 0) is 6.54 Å². The molecule has 1 heterocycles. The minimum Gasteiger partial charge on any atom is -0.467 e. The van der Waals surface area contributed by atoms with Gasteiger partial charge < -0.3 is 15.1 Å². The van der Waals surface area contributed by atoms with Gasteiger partial charge in [0.25, 0.3) is 0 Å². The van der Waals surface area contributed by atoms with Gasteiger partial charge in [0.15, 0.2) is 5.96 Å². The summed E-state index contributed by atoms with van der Waals surface area (Å²) in [5, 5.41) is 6.20. The van der Waals surface area contributed by atoms with Crippen LogP contribution in [0.2, 0.25) is 0 Å². The molecule has 0 bridgehead atoms. The largest absolute Gasteiger partial charge is 0.467 e. The van der Waals surface area contributed by atoms with E-state index in [-0.39, 0.29) is 0 Å². The first kappa shape index (κ1) is 12.1. The summed E-state index contributed by atoms with van der Waals surface area (Å²) in [6.45, 7) is 9.12. The number of hydrogen-bond donors (Lipinski definition) is 2. The van der Waals surface area contributed by atoms with Crippen LogP contribution in [0, 0.1) is 0 Å². The molecule has 2 N–H and O–H groups in total. The molecular formula is C12H17N3O. The maximum atomic E-state index is 5.19. The highest BCUT2D eigenvalue weighted by molar-refractivity contribution is 5.80. The van der Waals surface area contributed by atoms with Crippen LogP contribution in [0.5, 0.6) is 0 Å². The highest BCUT2D eigenvalue weighted by Crippen LogP contribution is 2.00. The van der Waals surface area contributed by atoms with Crippen molar-refractivity contribution in [2.24, 2.45) is 4.99 Å². The van der Waals surface area contributed by atoms with Gasteiger partial charge in [-0.2, -0.15) is 0 Å². The molecule has 0 radical (unpaired) electrons. The first-order valence-electron chi connectivity index (χ1n) is 5.13. The van der Waals surface area contributed by atoms with Gasteiger partial charge in [0.1, 0.15) is 12.3 Å². The van der Waals surface area contributed by atoms with Gasteiger partial charge in [0.05, 0.1) is 6.26 Å². The zero-order valence-electron chi connectivity index (χ0n) is 9.28. The Morgan fingerprint density at radius 3 is 2.50 bits per heavy atom. The summed E-state index contributed by atoms with van der Waals surface area (Å²) in [5.74, 6) is 1.55. The average molecular weight is 219 g/mol. The molecule has 0 saturated carbocycles. The third kappa shape index (κ3) is 4.50. The molecular weight excluding hydrogens is 202 g/mol. The van der Waals surface area contributed by atoms with Crippen LogP contribution in [-0.4, -0.2) is 19.0 Å². The molecule has 4 nitrogen and oxygen atoms in total. The molecule has 0 aliphatic carbocycles. The fourth-order valence-electron chi connectivity index (χ4n) is 1.07. The van der Waals surface area contributed by atoms with Crippen molar-refractivity contribution >= 4 is 5.96 Å². The first-order chi connectivity index (χ1) is 7.86. The van der Waals surface area contributed by atoms with E-state index in [9.17, 15) is 0 Å². The lowest BCUT2D eigenvalue weighted by molar-refractivity contribution is 0.512. The molecule has 0 aliphatic rings. The predicted octanol–water partition coefficient (Wildman–Crippen LogP) is 1.69. The fourth-order valence-corrected chi connectivity index (χ4v) is 1.07. The quantitative estimate of drug-likeness (QED) is 0.435. The Morgan fingerprint density at radius 1 is 1.31 bits per heavy atom. The summed E-state index contributed by atoms with van der Waals surface area (Å²) in [6, 6.07) is 3.74. The molecule has 0 fully saturated rings. The minimum absolute atomic E-state index is 0.511. The van der Waals surface area contributed by atoms with Crippen molar-refractivity contribution in [1.29, 1.82) is 0 Å². The SMILES string of the molecule is C=CCNC(=NCc1ccco1)NCC=C. The van der Waals surface area contributed by atoms with Gasteiger partial charge in [-0.3, -0.25) is 0 Å². The standard InChI is InChI=1S/C12H17N3O/c1-3-7-13-12(14-8-4-2)15-10-11-6-5-9-16-11/h3-6,9H,1-2,7-8,10H2,(H2,13,14,15). The molecule has 16 heavy (non-hydrogen) atoms. The summed E-state index contributed by atoms with van der Waals surface area (Å²) in [7, 11) is 0. The summed E-state index contributed by atoms with van der Waals surface area (Å²) in [5.41, 5.74) is 0. The molecule has 0 unspecified atom stereocenters. The number of aliphatic imine (C=N–C) groups is 1. The molecule has 0 aliphatic heterocycles. The van der Waals surface area contributed by atoms with Crippen molar-refractivity contribution in [1.82, 2.24) is 10.6 Å². The zero-order valence-corrected chi connectivity index (χ0v) is 9.28. The Kier molecular flexibility index (Phi) is 5.55. The molecule has 0 amide bonds. The number of hydrogen-bond acceptors (Lipinski definition) is 2. The van der Waals surface area contributed by atoms with E-state index in [0.29, 0.717) is 19.6 Å². The van der Waals surface area contributed by atoms with Crippen LogP contribution < -0.4 is 10.6 Å². The van der Waals surface area contributed by atoms with Crippen molar-refractivity contribution in [3.63, 3.8) is 0 Å². The molecule has 0 saturated heterocycles. The topological polar surface area (TPSA) is 49.6 Å². The van der Waals surface area contributed by atoms with Gasteiger partial charge >= 0.3 is 0 Å². The summed E-state index contributed by atoms with van der Waals surface area (Å²) < 4.78 is 5.19. The fraction of sp³-hybridized carbons (Fsp3) is 0.250. The Balaban J connectivity index is 2.48. The van der Waals surface area contributed by atoms with Crippen molar-refractivity contribution in [3.8, 4) is 0 Å². The van der Waals surface area contributed by atoms with E-state index in [0.717, 1.165) is 11.7 Å². The van der Waals surface area contributed by atoms with Gasteiger partial charge in [-0.05, 0) is 12.1 Å². The Morgan fingerprint density at radius 2 is 2.00 bits per heavy atom. The van der Waals surface area contributed by atoms with Crippen molar-refractivity contribution in [3.05, 3.63) is 49.5 Å². The minimum atomic E-state index is 0.511. The summed E-state index contributed by atoms with van der Waals surface area (Å²) in [4.78, 5) is 4.35. The van der Waals surface area contributed by atoms with Crippen LogP contribution in [0.1, 0.15) is 5.76 Å². The summed E-state index contributed by atoms with van der Waals surface area (Å²) >= 11 is 0. The number of guanidine groups is 1. The van der Waals surface area contributed by atoms with Crippen LogP contribution in [0.15, 0.2) is 53.1 Å². The van der Waals surface area contributed by atoms with E-state index >= 15 is 0 Å². The molecule has 4 heteroatoms. The smallest absolute Gasteiger partial charge is 0.192 e. The van der Waals surface area contributed by atoms with Crippen LogP contribution in [0.3, 0.4) is 0 Å². The van der Waals surface area contributed by atoms with E-state index < -0.39 is 0 Å². The second-order valence-corrected chi connectivity index (χ2v) is 3.08. The normalized spacial score (nSPS) is 9.25. The Bertz CT molecular complexity index is 327. The first-order valence-corrected chi connectivity index (χ1v) is 5.13. The lowest BCUT2D eigenvalue weighted by Gasteiger charge is -2.08. The molecule has 0 aromatic carbocycles. The van der Waals surface area contributed by atoms with Crippen LogP contribution in [0.4, 0.5) is 0 Å². The monoisotopic (exact) mass is 219 g/mol. The third-order valence-electron chi connectivity index (χ3n) is 1.80. The second-order valence-electron chi connectivity index (χ2n) is 3.08. The van der Waals surface area contributed by atoms with Crippen LogP contribution >= 0.6 is 0 Å². The summed E-state index contributed by atoms with van der Waals surface area (Å²) in [6.07, 6.45) is 5.19. The average Bonchev–Trinajstić information content (AvgIpc) is 2.81. The molecule has 1 rings (SSSR count). The van der Waals surface area contributed by atoms with E-state index in [1.54, 1.807) is 18.4 Å². The van der Waals surface area contributed by atoms with E-state index in [2.05, 4.69) is 28.8 Å². The van der Waals surface area contributed by atoms with Crippen LogP contribution in [0.25, 0.3) is 0 Å². The Labute approximate surface area is 95.8 Å². The lowest BCUT2D eigenvalue weighted by Crippen LogP contribution is -2.37. The third-order valence-corrected chi connectivity index (χ3v) is 1.80. The number of nitrogens with zero attached hydrogens (tertiary/aromatic N) is 1. The molecule has 86 valence electrons. The van der Waals surface area contributed by atoms with Crippen molar-refractivity contribution in [2.45, 2.75) is 6.54 Å². The lowest BCUT2D eigenvalue weighted by atomic mass is 10.4. The van der Waals surface area contributed by atoms with E-state index in [1.165, 1.54) is 0 Å². The number of furan rings is 1. The maximum absolute atomic E-state index is 5.19. The maximum Gasteiger partial charge on any atom is 0.192 e. The number of rotatable bonds is 6. The highest BCUT2D eigenvalue weighted by Gasteiger charge is 1.97. The van der Waals surface area contributed by atoms with Gasteiger partial charge in [0, 0.05) is 13.1 Å². The number of nitrogens with one attached hydrogen (secondary N) is 2. The van der Waals surface area contributed by atoms with Gasteiger partial charge in [-0.1, -0.05) is 12.2 Å². The van der Waals surface area contributed by atoms with Gasteiger partial charge in [0.2, 0.25) is 0 Å². The second kappa shape index (κ2) is 7.34. The Hall–Kier alpha value is -1.97. The van der Waals surface area contributed by atoms with Gasteiger partial charge in [-0.15, -0.1) is 13.2 Å². The van der Waals surface area contributed by atoms with Gasteiger partial charge in [-0.25, -0.2) is 4.99 Å². The van der Waals surface area contributed by atoms with Crippen molar-refractivity contribution in [2.75, 3.05) is 13.1 Å². The van der Waals surface area contributed by atoms with E-state index in [1.807, 2.05) is 12.1 Å².